The van der Waals surface area contributed by atoms with E-state index in [4.69, 9.17) is 0 Å². The van der Waals surface area contributed by atoms with Crippen LogP contribution in [0.2, 0.25) is 0 Å². The number of aromatic nitrogens is 3. The zero-order chi connectivity index (χ0) is 13.9. The number of aryl methyl sites for hydroxylation is 1. The van der Waals surface area contributed by atoms with E-state index in [0.29, 0.717) is 12.6 Å². The maximum Gasteiger partial charge on any atom is 0.238 e. The average molecular weight is 271 g/mol. The van der Waals surface area contributed by atoms with E-state index in [0.717, 1.165) is 17.1 Å². The van der Waals surface area contributed by atoms with E-state index in [1.165, 1.54) is 12.8 Å². The largest absolute Gasteiger partial charge is 0.325 e. The molecule has 1 fully saturated rings. The summed E-state index contributed by atoms with van der Waals surface area (Å²) in [6.45, 7) is 0.360. The molecule has 0 spiro atoms. The number of benzene rings is 1. The Morgan fingerprint density at radius 1 is 1.45 bits per heavy atom. The van der Waals surface area contributed by atoms with Crippen LogP contribution in [0.15, 0.2) is 30.6 Å². The molecule has 3 rings (SSSR count). The fourth-order valence-corrected chi connectivity index (χ4v) is 2.01. The fraction of sp³-hybridized carbons (Fsp3) is 0.357. The third-order valence-electron chi connectivity index (χ3n) is 3.24. The highest BCUT2D eigenvalue weighted by Crippen LogP contribution is 2.20. The number of amides is 1. The van der Waals surface area contributed by atoms with E-state index >= 15 is 0 Å². The molecular formula is C14H17N5O. The third kappa shape index (κ3) is 3.03. The van der Waals surface area contributed by atoms with E-state index in [2.05, 4.69) is 20.8 Å². The van der Waals surface area contributed by atoms with Gasteiger partial charge in [-0.05, 0) is 25.0 Å². The van der Waals surface area contributed by atoms with Gasteiger partial charge >= 0.3 is 0 Å². The summed E-state index contributed by atoms with van der Waals surface area (Å²) >= 11 is 0. The lowest BCUT2D eigenvalue weighted by molar-refractivity contribution is -0.115. The van der Waals surface area contributed by atoms with Gasteiger partial charge in [0.15, 0.2) is 5.82 Å². The summed E-state index contributed by atoms with van der Waals surface area (Å²) in [6, 6.07) is 8.15. The van der Waals surface area contributed by atoms with Crippen molar-refractivity contribution in [1.29, 1.82) is 0 Å². The first-order valence-corrected chi connectivity index (χ1v) is 6.70. The number of carbonyl (C=O) groups excluding carboxylic acids is 1. The number of rotatable bonds is 5. The minimum absolute atomic E-state index is 0.0213. The second-order valence-electron chi connectivity index (χ2n) is 5.05. The SMILES string of the molecule is Cn1cnnc1-c1cccc(NC(=O)CNC2CC2)c1. The van der Waals surface area contributed by atoms with Crippen LogP contribution >= 0.6 is 0 Å². The minimum atomic E-state index is -0.0213. The van der Waals surface area contributed by atoms with Gasteiger partial charge in [0.1, 0.15) is 6.33 Å². The van der Waals surface area contributed by atoms with E-state index in [-0.39, 0.29) is 5.91 Å². The van der Waals surface area contributed by atoms with E-state index in [1.807, 2.05) is 35.9 Å². The number of hydrogen-bond donors (Lipinski definition) is 2. The topological polar surface area (TPSA) is 71.8 Å². The predicted octanol–water partition coefficient (Wildman–Crippen LogP) is 1.17. The molecule has 2 N–H and O–H groups in total. The summed E-state index contributed by atoms with van der Waals surface area (Å²) in [6.07, 6.45) is 4.00. The van der Waals surface area contributed by atoms with Crippen LogP contribution in [0.4, 0.5) is 5.69 Å². The molecule has 2 aromatic rings. The highest BCUT2D eigenvalue weighted by molar-refractivity contribution is 5.92. The van der Waals surface area contributed by atoms with Gasteiger partial charge in [-0.1, -0.05) is 12.1 Å². The summed E-state index contributed by atoms with van der Waals surface area (Å²) in [5, 5.41) is 14.0. The Morgan fingerprint density at radius 2 is 2.30 bits per heavy atom. The van der Waals surface area contributed by atoms with Crippen molar-refractivity contribution in [2.24, 2.45) is 7.05 Å². The van der Waals surface area contributed by atoms with Crippen LogP contribution in [0.25, 0.3) is 11.4 Å². The lowest BCUT2D eigenvalue weighted by Gasteiger charge is -2.07. The lowest BCUT2D eigenvalue weighted by Crippen LogP contribution is -2.29. The van der Waals surface area contributed by atoms with Crippen molar-refractivity contribution in [3.63, 3.8) is 0 Å². The Kier molecular flexibility index (Phi) is 3.47. The smallest absolute Gasteiger partial charge is 0.238 e. The molecule has 0 unspecified atom stereocenters. The highest BCUT2D eigenvalue weighted by atomic mass is 16.1. The maximum absolute atomic E-state index is 11.8. The van der Waals surface area contributed by atoms with Crippen LogP contribution in [0.1, 0.15) is 12.8 Å². The molecule has 1 aliphatic carbocycles. The second kappa shape index (κ2) is 5.42. The minimum Gasteiger partial charge on any atom is -0.325 e. The molecule has 1 aromatic carbocycles. The lowest BCUT2D eigenvalue weighted by atomic mass is 10.2. The van der Waals surface area contributed by atoms with Crippen molar-refractivity contribution in [2.75, 3.05) is 11.9 Å². The van der Waals surface area contributed by atoms with Crippen LogP contribution in [0, 0.1) is 0 Å². The molecule has 0 radical (unpaired) electrons. The van der Waals surface area contributed by atoms with Gasteiger partial charge in [-0.3, -0.25) is 4.79 Å². The van der Waals surface area contributed by atoms with Gasteiger partial charge in [-0.25, -0.2) is 0 Å². The van der Waals surface area contributed by atoms with Gasteiger partial charge in [0.25, 0.3) is 0 Å². The maximum atomic E-state index is 11.8. The van der Waals surface area contributed by atoms with E-state index < -0.39 is 0 Å². The molecule has 6 heteroatoms. The first-order valence-electron chi connectivity index (χ1n) is 6.70. The molecule has 6 nitrogen and oxygen atoms in total. The summed E-state index contributed by atoms with van der Waals surface area (Å²) in [5.74, 6) is 0.754. The molecule has 1 aromatic heterocycles. The second-order valence-corrected chi connectivity index (χ2v) is 5.05. The highest BCUT2D eigenvalue weighted by Gasteiger charge is 2.21. The predicted molar refractivity (Wildman–Crippen MR) is 76.1 cm³/mol. The van der Waals surface area contributed by atoms with Crippen molar-refractivity contribution >= 4 is 11.6 Å². The normalized spacial score (nSPS) is 14.2. The van der Waals surface area contributed by atoms with E-state index in [1.54, 1.807) is 6.33 Å². The monoisotopic (exact) mass is 271 g/mol. The van der Waals surface area contributed by atoms with Crippen molar-refractivity contribution in [3.05, 3.63) is 30.6 Å². The quantitative estimate of drug-likeness (QED) is 0.856. The van der Waals surface area contributed by atoms with Crippen LogP contribution in [-0.2, 0) is 11.8 Å². The summed E-state index contributed by atoms with van der Waals surface area (Å²) in [5.41, 5.74) is 1.70. The van der Waals surface area contributed by atoms with Crippen molar-refractivity contribution < 1.29 is 4.79 Å². The van der Waals surface area contributed by atoms with Crippen molar-refractivity contribution in [2.45, 2.75) is 18.9 Å². The van der Waals surface area contributed by atoms with Crippen LogP contribution in [0.5, 0.6) is 0 Å². The molecule has 1 aliphatic rings. The summed E-state index contributed by atoms with van der Waals surface area (Å²) in [4.78, 5) is 11.8. The van der Waals surface area contributed by atoms with Crippen molar-refractivity contribution in [3.8, 4) is 11.4 Å². The molecular weight excluding hydrogens is 254 g/mol. The van der Waals surface area contributed by atoms with Crippen LogP contribution in [-0.4, -0.2) is 33.3 Å². The van der Waals surface area contributed by atoms with Gasteiger partial charge in [-0.2, -0.15) is 0 Å². The number of anilines is 1. The van der Waals surface area contributed by atoms with Crippen LogP contribution < -0.4 is 10.6 Å². The fourth-order valence-electron chi connectivity index (χ4n) is 2.01. The summed E-state index contributed by atoms with van der Waals surface area (Å²) in [7, 11) is 1.89. The molecule has 104 valence electrons. The average Bonchev–Trinajstić information content (AvgIpc) is 3.17. The van der Waals surface area contributed by atoms with Gasteiger partial charge in [-0.15, -0.1) is 10.2 Å². The Balaban J connectivity index is 1.67. The molecule has 1 amide bonds. The van der Waals surface area contributed by atoms with Gasteiger partial charge in [0, 0.05) is 24.3 Å². The Hall–Kier alpha value is -2.21. The molecule has 20 heavy (non-hydrogen) atoms. The number of hydrogen-bond acceptors (Lipinski definition) is 4. The summed E-state index contributed by atoms with van der Waals surface area (Å²) < 4.78 is 1.84. The molecule has 1 saturated carbocycles. The molecule has 0 aliphatic heterocycles. The van der Waals surface area contributed by atoms with Crippen LogP contribution in [0.3, 0.4) is 0 Å². The molecule has 1 heterocycles. The zero-order valence-electron chi connectivity index (χ0n) is 11.3. The number of nitrogens with one attached hydrogen (secondary N) is 2. The Labute approximate surface area is 117 Å². The zero-order valence-corrected chi connectivity index (χ0v) is 11.3. The van der Waals surface area contributed by atoms with Gasteiger partial charge in [0.2, 0.25) is 5.91 Å². The van der Waals surface area contributed by atoms with E-state index in [9.17, 15) is 4.79 Å². The Bertz CT molecular complexity index is 618. The van der Waals surface area contributed by atoms with Crippen molar-refractivity contribution in [1.82, 2.24) is 20.1 Å². The first-order chi connectivity index (χ1) is 9.72. The standard InChI is InChI=1S/C14H17N5O/c1-19-9-16-18-14(19)10-3-2-4-12(7-10)17-13(20)8-15-11-5-6-11/h2-4,7,9,11,15H,5-6,8H2,1H3,(H,17,20). The molecule has 0 bridgehead atoms. The third-order valence-corrected chi connectivity index (χ3v) is 3.24. The molecule has 0 atom stereocenters. The van der Waals surface area contributed by atoms with Gasteiger partial charge in [0.05, 0.1) is 6.54 Å². The Morgan fingerprint density at radius 3 is 3.00 bits per heavy atom. The first kappa shape index (κ1) is 12.8. The number of nitrogens with zero attached hydrogens (tertiary/aromatic N) is 3. The van der Waals surface area contributed by atoms with Gasteiger partial charge < -0.3 is 15.2 Å². The molecule has 0 saturated heterocycles. The number of carbonyl (C=O) groups is 1.